The molecule has 0 saturated heterocycles. The normalized spacial score (nSPS) is 21.9. The van der Waals surface area contributed by atoms with Crippen LogP contribution >= 0.6 is 10.8 Å². The van der Waals surface area contributed by atoms with Gasteiger partial charge in [-0.25, -0.2) is 8.42 Å². The molecular weight excluding hydrogens is 502 g/mol. The van der Waals surface area contributed by atoms with Gasteiger partial charge in [0.25, 0.3) is 0 Å². The summed E-state index contributed by atoms with van der Waals surface area (Å²) in [6.45, 7) is 7.47. The number of carbonyl (C=O) groups is 1. The summed E-state index contributed by atoms with van der Waals surface area (Å²) in [5.41, 5.74) is 0.555. The molecule has 1 unspecified atom stereocenters. The van der Waals surface area contributed by atoms with Crippen molar-refractivity contribution in [3.8, 4) is 0 Å². The molecule has 194 valence electrons. The molecule has 36 heavy (non-hydrogen) atoms. The van der Waals surface area contributed by atoms with Crippen LogP contribution in [0.15, 0.2) is 57.3 Å². The number of benzene rings is 2. The Morgan fingerprint density at radius 2 is 1.86 bits per heavy atom. The molecular formula is C25H31N3O6S2. The molecule has 0 spiro atoms. The molecule has 0 fully saturated rings. The van der Waals surface area contributed by atoms with Crippen LogP contribution < -0.4 is 10.0 Å². The standard InChI is InChI=1S/C25H31N3O6S2/c1-5-35(31,32)27-16-10-11-19-20(14-16)36(33,34)28-24(26-19)21-22(29)17-8-6-7-9-18(17)25(4,23(21)30)13-12-15(2)3/h6-11,14-15,27,29,33-34H,5,12-13H2,1-4H3,(H,26,28). The largest absolute Gasteiger partial charge is 0.506 e. The predicted molar refractivity (Wildman–Crippen MR) is 144 cm³/mol. The third kappa shape index (κ3) is 4.63. The van der Waals surface area contributed by atoms with Gasteiger partial charge in [-0.3, -0.25) is 18.6 Å². The molecule has 1 aliphatic heterocycles. The Labute approximate surface area is 212 Å². The zero-order valence-electron chi connectivity index (χ0n) is 20.6. The van der Waals surface area contributed by atoms with Crippen molar-refractivity contribution >= 4 is 49.6 Å². The van der Waals surface area contributed by atoms with Gasteiger partial charge in [0.15, 0.2) is 11.6 Å². The van der Waals surface area contributed by atoms with Gasteiger partial charge in [-0.1, -0.05) is 48.9 Å². The van der Waals surface area contributed by atoms with E-state index in [4.69, 9.17) is 0 Å². The van der Waals surface area contributed by atoms with Gasteiger partial charge in [0.05, 0.1) is 22.5 Å². The Kier molecular flexibility index (Phi) is 6.71. The van der Waals surface area contributed by atoms with E-state index >= 15 is 0 Å². The lowest BCUT2D eigenvalue weighted by molar-refractivity contribution is -0.120. The predicted octanol–water partition coefficient (Wildman–Crippen LogP) is 5.54. The molecule has 4 rings (SSSR count). The van der Waals surface area contributed by atoms with Gasteiger partial charge in [0.1, 0.15) is 16.2 Å². The van der Waals surface area contributed by atoms with Crippen LogP contribution in [0, 0.1) is 5.92 Å². The van der Waals surface area contributed by atoms with Crippen molar-refractivity contribution in [3.63, 3.8) is 0 Å². The lowest BCUT2D eigenvalue weighted by Gasteiger charge is -2.39. The van der Waals surface area contributed by atoms with Crippen molar-refractivity contribution in [2.24, 2.45) is 10.3 Å². The maximum Gasteiger partial charge on any atom is 0.232 e. The number of aliphatic hydroxyl groups excluding tert-OH is 1. The summed E-state index contributed by atoms with van der Waals surface area (Å²) in [6, 6.07) is 11.4. The molecule has 9 nitrogen and oxygen atoms in total. The van der Waals surface area contributed by atoms with Gasteiger partial charge in [-0.05, 0) is 56.4 Å². The maximum atomic E-state index is 13.9. The second-order valence-electron chi connectivity index (χ2n) is 9.66. The summed E-state index contributed by atoms with van der Waals surface area (Å²) in [4.78, 5) is 13.9. The van der Waals surface area contributed by atoms with Gasteiger partial charge >= 0.3 is 0 Å². The SMILES string of the molecule is CCS(=O)(=O)Nc1ccc2c(c1)S(O)(O)N=C(C1=C(O)c3ccccc3C(C)(CCC(C)C)C1=O)N2. The molecule has 0 saturated carbocycles. The fourth-order valence-electron chi connectivity index (χ4n) is 4.46. The Hall–Kier alpha value is -2.86. The first-order valence-electron chi connectivity index (χ1n) is 11.7. The first-order chi connectivity index (χ1) is 16.8. The van der Waals surface area contributed by atoms with Crippen LogP contribution in [0.4, 0.5) is 11.4 Å². The molecule has 0 radical (unpaired) electrons. The molecule has 1 heterocycles. The summed E-state index contributed by atoms with van der Waals surface area (Å²) in [5.74, 6) is -0.579. The molecule has 0 amide bonds. The minimum Gasteiger partial charge on any atom is -0.506 e. The third-order valence-corrected chi connectivity index (χ3v) is 9.27. The second kappa shape index (κ2) is 9.22. The van der Waals surface area contributed by atoms with Gasteiger partial charge < -0.3 is 10.4 Å². The number of nitrogens with zero attached hydrogens (tertiary/aromatic N) is 1. The number of sulfonamides is 1. The Balaban J connectivity index is 1.80. The fourth-order valence-corrected chi connectivity index (χ4v) is 6.28. The second-order valence-corrected chi connectivity index (χ2v) is 13.3. The molecule has 1 atom stereocenters. The number of hydrogen-bond acceptors (Lipinski definition) is 8. The van der Waals surface area contributed by atoms with E-state index in [2.05, 4.69) is 28.3 Å². The summed E-state index contributed by atoms with van der Waals surface area (Å²) in [7, 11) is -7.40. The summed E-state index contributed by atoms with van der Waals surface area (Å²) < 4.78 is 52.1. The van der Waals surface area contributed by atoms with Crippen LogP contribution in [0.2, 0.25) is 0 Å². The number of Topliss-reactive ketones (excluding diaryl/α,β-unsaturated/α-hetero) is 1. The molecule has 0 aromatic heterocycles. The molecule has 2 aromatic carbocycles. The lowest BCUT2D eigenvalue weighted by atomic mass is 9.66. The van der Waals surface area contributed by atoms with E-state index in [-0.39, 0.29) is 45.0 Å². The van der Waals surface area contributed by atoms with Gasteiger partial charge in [0, 0.05) is 5.56 Å². The number of anilines is 2. The van der Waals surface area contributed by atoms with Crippen LogP contribution in [0.1, 0.15) is 51.7 Å². The van der Waals surface area contributed by atoms with Gasteiger partial charge in [0.2, 0.25) is 10.0 Å². The Morgan fingerprint density at radius 3 is 2.53 bits per heavy atom. The van der Waals surface area contributed by atoms with Crippen molar-refractivity contribution in [2.45, 2.75) is 50.8 Å². The average molecular weight is 534 g/mol. The van der Waals surface area contributed by atoms with Crippen molar-refractivity contribution in [1.29, 1.82) is 0 Å². The number of rotatable bonds is 7. The zero-order valence-corrected chi connectivity index (χ0v) is 22.2. The van der Waals surface area contributed by atoms with E-state index in [0.29, 0.717) is 23.5 Å². The summed E-state index contributed by atoms with van der Waals surface area (Å²) >= 11 is 0. The van der Waals surface area contributed by atoms with Crippen LogP contribution in [0.5, 0.6) is 0 Å². The molecule has 2 aromatic rings. The van der Waals surface area contributed by atoms with Crippen molar-refractivity contribution in [1.82, 2.24) is 0 Å². The molecule has 11 heteroatoms. The van der Waals surface area contributed by atoms with Gasteiger partial charge in [-0.2, -0.15) is 0 Å². The van der Waals surface area contributed by atoms with Gasteiger partial charge in [-0.15, -0.1) is 4.40 Å². The topological polar surface area (TPSA) is 148 Å². The summed E-state index contributed by atoms with van der Waals surface area (Å²) in [6.07, 6.45) is 1.32. The van der Waals surface area contributed by atoms with E-state index in [0.717, 1.165) is 6.42 Å². The van der Waals surface area contributed by atoms with E-state index < -0.39 is 26.2 Å². The van der Waals surface area contributed by atoms with Crippen molar-refractivity contribution < 1.29 is 27.4 Å². The number of carbonyl (C=O) groups excluding carboxylic acids is 1. The molecule has 0 bridgehead atoms. The fraction of sp³-hybridized carbons (Fsp3) is 0.360. The van der Waals surface area contributed by atoms with E-state index in [9.17, 15) is 27.4 Å². The maximum absolute atomic E-state index is 13.9. The van der Waals surface area contributed by atoms with Crippen LogP contribution in [0.25, 0.3) is 5.76 Å². The first-order valence-corrected chi connectivity index (χ1v) is 14.8. The van der Waals surface area contributed by atoms with Crippen molar-refractivity contribution in [3.05, 3.63) is 59.2 Å². The Morgan fingerprint density at radius 1 is 1.17 bits per heavy atom. The number of hydrogen-bond donors (Lipinski definition) is 5. The Bertz CT molecular complexity index is 1400. The number of aliphatic hydroxyl groups is 1. The number of nitrogens with one attached hydrogen (secondary N) is 2. The third-order valence-electron chi connectivity index (χ3n) is 6.60. The smallest absolute Gasteiger partial charge is 0.232 e. The van der Waals surface area contributed by atoms with Crippen molar-refractivity contribution in [2.75, 3.05) is 15.8 Å². The zero-order chi connectivity index (χ0) is 26.5. The highest BCUT2D eigenvalue weighted by molar-refractivity contribution is 8.23. The van der Waals surface area contributed by atoms with Crippen LogP contribution in [-0.2, 0) is 20.2 Å². The first kappa shape index (κ1) is 26.2. The average Bonchev–Trinajstić information content (AvgIpc) is 2.81. The number of ketones is 1. The van der Waals surface area contributed by atoms with E-state index in [1.54, 1.807) is 12.1 Å². The quantitative estimate of drug-likeness (QED) is 0.314. The number of amidine groups is 1. The minimum absolute atomic E-state index is 0.0196. The monoisotopic (exact) mass is 533 g/mol. The highest BCUT2D eigenvalue weighted by Crippen LogP contribution is 2.57. The molecule has 5 N–H and O–H groups in total. The number of fused-ring (bicyclic) bond motifs is 2. The highest BCUT2D eigenvalue weighted by atomic mass is 32.3. The van der Waals surface area contributed by atoms with E-state index in [1.807, 2.05) is 19.1 Å². The van der Waals surface area contributed by atoms with Crippen LogP contribution in [-0.4, -0.2) is 40.0 Å². The molecule has 1 aliphatic carbocycles. The lowest BCUT2D eigenvalue weighted by Crippen LogP contribution is -2.42. The summed E-state index contributed by atoms with van der Waals surface area (Å²) in [5, 5.41) is 14.1. The highest BCUT2D eigenvalue weighted by Gasteiger charge is 2.46. The van der Waals surface area contributed by atoms with E-state index in [1.165, 1.54) is 25.1 Å². The minimum atomic E-state index is -3.82. The van der Waals surface area contributed by atoms with Crippen LogP contribution in [0.3, 0.4) is 0 Å². The molecule has 2 aliphatic rings.